The molecule has 1 aliphatic heterocycles. The van der Waals surface area contributed by atoms with Gasteiger partial charge >= 0.3 is 0 Å². The first-order valence-electron chi connectivity index (χ1n) is 11.8. The molecule has 1 aliphatic carbocycles. The predicted molar refractivity (Wildman–Crippen MR) is 134 cm³/mol. The van der Waals surface area contributed by atoms with Crippen LogP contribution in [0.2, 0.25) is 0 Å². The van der Waals surface area contributed by atoms with Gasteiger partial charge in [-0.25, -0.2) is 0 Å². The molecule has 1 unspecified atom stereocenters. The monoisotopic (exact) mass is 419 g/mol. The van der Waals surface area contributed by atoms with Crippen LogP contribution in [0.4, 0.5) is 0 Å². The van der Waals surface area contributed by atoms with Gasteiger partial charge in [0.15, 0.2) is 0 Å². The van der Waals surface area contributed by atoms with Gasteiger partial charge in [-0.05, 0) is 78.1 Å². The van der Waals surface area contributed by atoms with E-state index in [9.17, 15) is 0 Å². The summed E-state index contributed by atoms with van der Waals surface area (Å²) in [5.41, 5.74) is 10.8. The lowest BCUT2D eigenvalue weighted by Gasteiger charge is -2.27. The van der Waals surface area contributed by atoms with Crippen LogP contribution in [-0.4, -0.2) is 17.7 Å². The van der Waals surface area contributed by atoms with E-state index >= 15 is 0 Å². The number of hydrogen-bond acceptors (Lipinski definition) is 2. The molecule has 0 saturated heterocycles. The molecule has 0 amide bonds. The minimum atomic E-state index is 0.327. The Morgan fingerprint density at radius 2 is 1.81 bits per heavy atom. The molecule has 2 heterocycles. The third kappa shape index (κ3) is 3.47. The molecule has 6 rings (SSSR count). The predicted octanol–water partition coefficient (Wildman–Crippen LogP) is 6.54. The van der Waals surface area contributed by atoms with Crippen molar-refractivity contribution >= 4 is 17.1 Å². The average molecular weight is 420 g/mol. The highest BCUT2D eigenvalue weighted by Gasteiger charge is 2.25. The maximum absolute atomic E-state index is 4.41. The molecule has 0 saturated carbocycles. The molecule has 0 radical (unpaired) electrons. The third-order valence-corrected chi connectivity index (χ3v) is 7.17. The highest BCUT2D eigenvalue weighted by Crippen LogP contribution is 2.38. The first kappa shape index (κ1) is 19.5. The topological polar surface area (TPSA) is 40.2 Å². The zero-order valence-corrected chi connectivity index (χ0v) is 18.6. The van der Waals surface area contributed by atoms with Crippen molar-refractivity contribution in [3.05, 3.63) is 94.7 Å². The molecule has 3 heteroatoms. The summed E-state index contributed by atoms with van der Waals surface area (Å²) in [6.45, 7) is 3.17. The van der Waals surface area contributed by atoms with Crippen LogP contribution in [0.3, 0.4) is 0 Å². The van der Waals surface area contributed by atoms with Crippen LogP contribution in [0.5, 0.6) is 0 Å². The summed E-state index contributed by atoms with van der Waals surface area (Å²) < 4.78 is 0. The number of nitrogens with zero attached hydrogens (tertiary/aromatic N) is 1. The van der Waals surface area contributed by atoms with Crippen LogP contribution in [0.15, 0.2) is 71.7 Å². The second-order valence-electron chi connectivity index (χ2n) is 9.22. The zero-order valence-electron chi connectivity index (χ0n) is 18.6. The summed E-state index contributed by atoms with van der Waals surface area (Å²) in [5.74, 6) is 0. The zero-order chi connectivity index (χ0) is 21.5. The lowest BCUT2D eigenvalue weighted by molar-refractivity contribution is 0.410. The smallest absolute Gasteiger partial charge is 0.0480 e. The third-order valence-electron chi connectivity index (χ3n) is 7.17. The van der Waals surface area contributed by atoms with E-state index in [2.05, 4.69) is 88.9 Å². The maximum atomic E-state index is 4.41. The molecule has 0 bridgehead atoms. The second-order valence-corrected chi connectivity index (χ2v) is 9.22. The minimum absolute atomic E-state index is 0.327. The lowest BCUT2D eigenvalue weighted by Crippen LogP contribution is -2.27. The molecule has 3 aromatic carbocycles. The van der Waals surface area contributed by atoms with E-state index in [4.69, 9.17) is 0 Å². The maximum Gasteiger partial charge on any atom is 0.0480 e. The fourth-order valence-corrected chi connectivity index (χ4v) is 5.42. The number of rotatable bonds is 4. The number of aromatic amines is 1. The Labute approximate surface area is 189 Å². The first-order valence-corrected chi connectivity index (χ1v) is 11.8. The first-order chi connectivity index (χ1) is 15.8. The van der Waals surface area contributed by atoms with Crippen molar-refractivity contribution in [1.29, 1.82) is 0 Å². The van der Waals surface area contributed by atoms with Crippen molar-refractivity contribution in [2.45, 2.75) is 44.7 Å². The van der Waals surface area contributed by atoms with Crippen molar-refractivity contribution in [2.24, 2.45) is 4.99 Å². The number of aromatic nitrogens is 1. The Bertz CT molecular complexity index is 1300. The Hall–Kier alpha value is -3.17. The summed E-state index contributed by atoms with van der Waals surface area (Å²) in [7, 11) is 0. The summed E-state index contributed by atoms with van der Waals surface area (Å²) >= 11 is 0. The number of aryl methyl sites for hydroxylation is 1. The lowest BCUT2D eigenvalue weighted by atomic mass is 9.90. The van der Waals surface area contributed by atoms with Gasteiger partial charge in [0.05, 0.1) is 0 Å². The van der Waals surface area contributed by atoms with Crippen molar-refractivity contribution < 1.29 is 0 Å². The van der Waals surface area contributed by atoms with E-state index < -0.39 is 0 Å². The van der Waals surface area contributed by atoms with Crippen molar-refractivity contribution in [2.75, 3.05) is 6.54 Å². The van der Waals surface area contributed by atoms with Crippen LogP contribution in [0.1, 0.15) is 59.8 Å². The van der Waals surface area contributed by atoms with Crippen LogP contribution in [-0.2, 0) is 12.8 Å². The number of benzene rings is 3. The van der Waals surface area contributed by atoms with E-state index in [0.717, 1.165) is 19.4 Å². The molecule has 2 aliphatic rings. The molecular weight excluding hydrogens is 390 g/mol. The Morgan fingerprint density at radius 1 is 0.969 bits per heavy atom. The molecule has 0 spiro atoms. The van der Waals surface area contributed by atoms with Crippen LogP contribution >= 0.6 is 0 Å². The molecule has 0 fully saturated rings. The number of H-pyrrole nitrogens is 1. The number of aliphatic imine (C=N–C) groups is 1. The summed E-state index contributed by atoms with van der Waals surface area (Å²) in [4.78, 5) is 8.19. The van der Waals surface area contributed by atoms with Gasteiger partial charge in [0, 0.05) is 41.4 Å². The minimum Gasteiger partial charge on any atom is -0.357 e. The van der Waals surface area contributed by atoms with Gasteiger partial charge in [0.25, 0.3) is 0 Å². The Kier molecular flexibility index (Phi) is 4.92. The molecule has 2 atom stereocenters. The summed E-state index contributed by atoms with van der Waals surface area (Å²) in [6, 6.07) is 25.2. The fraction of sp³-hybridized carbons (Fsp3) is 0.276. The van der Waals surface area contributed by atoms with Gasteiger partial charge in [0.2, 0.25) is 0 Å². The highest BCUT2D eigenvalue weighted by molar-refractivity contribution is 5.90. The standard InChI is InChI=1S/C29H29N3/c1-19(20-6-3-2-4-7-20)31-28-9-5-8-25-26-17-22(12-13-27(26)32-29(25)28)21-10-11-24-18-30-15-14-23(24)16-21/h2-4,6-7,10-13,16-19,28,31-32H,5,8-9,14-15H2,1H3/t19-,28?/m1/s1. The van der Waals surface area contributed by atoms with Gasteiger partial charge < -0.3 is 10.3 Å². The number of nitrogens with one attached hydrogen (secondary N) is 2. The molecule has 3 nitrogen and oxygen atoms in total. The van der Waals surface area contributed by atoms with E-state index in [1.807, 2.05) is 6.21 Å². The quantitative estimate of drug-likeness (QED) is 0.387. The fourth-order valence-electron chi connectivity index (χ4n) is 5.42. The molecule has 32 heavy (non-hydrogen) atoms. The number of fused-ring (bicyclic) bond motifs is 4. The Balaban J connectivity index is 1.34. The summed E-state index contributed by atoms with van der Waals surface area (Å²) in [5, 5.41) is 5.27. The van der Waals surface area contributed by atoms with E-state index in [1.165, 1.54) is 62.8 Å². The van der Waals surface area contributed by atoms with Gasteiger partial charge in [-0.15, -0.1) is 0 Å². The Morgan fingerprint density at radius 3 is 2.72 bits per heavy atom. The van der Waals surface area contributed by atoms with Gasteiger partial charge in [-0.2, -0.15) is 0 Å². The van der Waals surface area contributed by atoms with Crippen LogP contribution < -0.4 is 5.32 Å². The SMILES string of the molecule is C[C@@H](NC1CCCc2c1[nH]c1ccc(-c3ccc4c(c3)CCN=C4)cc21)c1ccccc1. The average Bonchev–Trinajstić information content (AvgIpc) is 3.23. The molecule has 2 N–H and O–H groups in total. The highest BCUT2D eigenvalue weighted by atomic mass is 15.0. The van der Waals surface area contributed by atoms with E-state index in [0.29, 0.717) is 12.1 Å². The van der Waals surface area contributed by atoms with Gasteiger partial charge in [-0.3, -0.25) is 4.99 Å². The van der Waals surface area contributed by atoms with Crippen molar-refractivity contribution in [3.8, 4) is 11.1 Å². The van der Waals surface area contributed by atoms with Gasteiger partial charge in [-0.1, -0.05) is 54.6 Å². The molecule has 4 aromatic rings. The normalized spacial score (nSPS) is 18.3. The summed E-state index contributed by atoms with van der Waals surface area (Å²) in [6.07, 6.45) is 6.60. The van der Waals surface area contributed by atoms with Crippen molar-refractivity contribution in [3.63, 3.8) is 0 Å². The second kappa shape index (κ2) is 8.07. The molecule has 1 aromatic heterocycles. The largest absolute Gasteiger partial charge is 0.357 e. The van der Waals surface area contributed by atoms with E-state index in [1.54, 1.807) is 0 Å². The van der Waals surface area contributed by atoms with Crippen LogP contribution in [0.25, 0.3) is 22.0 Å². The van der Waals surface area contributed by atoms with Crippen molar-refractivity contribution in [1.82, 2.24) is 10.3 Å². The number of hydrogen-bond donors (Lipinski definition) is 2. The molecular formula is C29H29N3. The van der Waals surface area contributed by atoms with E-state index in [-0.39, 0.29) is 0 Å². The molecule has 160 valence electrons. The van der Waals surface area contributed by atoms with Gasteiger partial charge in [0.1, 0.15) is 0 Å². The van der Waals surface area contributed by atoms with Crippen LogP contribution in [0, 0.1) is 0 Å².